The van der Waals surface area contributed by atoms with E-state index < -0.39 is 11.7 Å². The van der Waals surface area contributed by atoms with E-state index in [0.717, 1.165) is 17.2 Å². The van der Waals surface area contributed by atoms with Gasteiger partial charge in [-0.3, -0.25) is 0 Å². The number of anilines is 1. The van der Waals surface area contributed by atoms with Gasteiger partial charge in [0.15, 0.2) is 0 Å². The minimum absolute atomic E-state index is 0.0549. The summed E-state index contributed by atoms with van der Waals surface area (Å²) in [5, 5.41) is 0. The minimum Gasteiger partial charge on any atom is -0.354 e. The van der Waals surface area contributed by atoms with Crippen LogP contribution in [0.5, 0.6) is 0 Å². The lowest BCUT2D eigenvalue weighted by atomic mass is 10.0. The molecule has 160 valence electrons. The molecule has 0 aliphatic carbocycles. The van der Waals surface area contributed by atoms with E-state index in [2.05, 4.69) is 0 Å². The Kier molecular flexibility index (Phi) is 5.83. The Bertz CT molecular complexity index is 1020. The third-order valence-electron chi connectivity index (χ3n) is 5.22. The number of rotatable bonds is 4. The fourth-order valence-electron chi connectivity index (χ4n) is 3.80. The Labute approximate surface area is 179 Å². The maximum absolute atomic E-state index is 13.7. The van der Waals surface area contributed by atoms with Crippen LogP contribution in [0.3, 0.4) is 0 Å². The molecule has 0 spiro atoms. The molecule has 0 saturated carbocycles. The fraction of sp³-hybridized carbons (Fsp3) is 0.240. The summed E-state index contributed by atoms with van der Waals surface area (Å²) in [5.41, 5.74) is 2.25. The molecule has 1 aliphatic heterocycles. The summed E-state index contributed by atoms with van der Waals surface area (Å²) in [7, 11) is 0. The predicted molar refractivity (Wildman–Crippen MR) is 117 cm³/mol. The number of aliphatic imine (C=N–C) groups is 1. The highest BCUT2D eigenvalue weighted by Crippen LogP contribution is 2.37. The smallest absolute Gasteiger partial charge is 0.354 e. The quantitative estimate of drug-likeness (QED) is 0.450. The lowest BCUT2D eigenvalue weighted by Crippen LogP contribution is -2.27. The number of hydrogen-bond donors (Lipinski definition) is 0. The highest BCUT2D eigenvalue weighted by Gasteiger charge is 2.34. The number of nitrogens with zero attached hydrogens (tertiary/aromatic N) is 2. The van der Waals surface area contributed by atoms with Crippen LogP contribution in [0.15, 0.2) is 83.9 Å². The number of alkyl halides is 3. The first-order valence-electron chi connectivity index (χ1n) is 10.1. The molecule has 6 heteroatoms. The van der Waals surface area contributed by atoms with Crippen molar-refractivity contribution in [2.75, 3.05) is 11.4 Å². The molecule has 3 aromatic rings. The van der Waals surface area contributed by atoms with E-state index in [-0.39, 0.29) is 18.0 Å². The van der Waals surface area contributed by atoms with Crippen LogP contribution in [0.1, 0.15) is 30.5 Å². The normalized spacial score (nSPS) is 18.8. The topological polar surface area (TPSA) is 24.8 Å². The van der Waals surface area contributed by atoms with Gasteiger partial charge in [-0.15, -0.1) is 0 Å². The van der Waals surface area contributed by atoms with Gasteiger partial charge in [0, 0.05) is 23.4 Å². The zero-order chi connectivity index (χ0) is 22.0. The van der Waals surface area contributed by atoms with Gasteiger partial charge >= 0.3 is 6.18 Å². The van der Waals surface area contributed by atoms with Crippen LogP contribution in [-0.2, 0) is 10.9 Å². The summed E-state index contributed by atoms with van der Waals surface area (Å²) in [6.45, 7) is 4.27. The van der Waals surface area contributed by atoms with Crippen molar-refractivity contribution in [1.82, 2.24) is 0 Å². The zero-order valence-electron chi connectivity index (χ0n) is 17.3. The van der Waals surface area contributed by atoms with Crippen LogP contribution in [0.25, 0.3) is 0 Å². The van der Waals surface area contributed by atoms with E-state index in [1.54, 1.807) is 6.07 Å². The summed E-state index contributed by atoms with van der Waals surface area (Å²) in [6, 6.07) is 22.9. The van der Waals surface area contributed by atoms with Crippen molar-refractivity contribution in [1.29, 1.82) is 0 Å². The maximum atomic E-state index is 13.7. The second kappa shape index (κ2) is 8.55. The lowest BCUT2D eigenvalue weighted by molar-refractivity contribution is -0.137. The average Bonchev–Trinajstić information content (AvgIpc) is 3.10. The molecule has 4 rings (SSSR count). The van der Waals surface area contributed by atoms with E-state index in [1.165, 1.54) is 6.07 Å². The molecule has 2 atom stereocenters. The molecule has 1 heterocycles. The average molecular weight is 424 g/mol. The first-order valence-corrected chi connectivity index (χ1v) is 10.1. The van der Waals surface area contributed by atoms with Crippen LogP contribution in [0.4, 0.5) is 24.5 Å². The summed E-state index contributed by atoms with van der Waals surface area (Å²) in [5.74, 6) is 0. The van der Waals surface area contributed by atoms with Crippen LogP contribution < -0.4 is 4.90 Å². The molecule has 2 unspecified atom stereocenters. The molecule has 3 aromatic carbocycles. The summed E-state index contributed by atoms with van der Waals surface area (Å²) < 4.78 is 46.8. The Morgan fingerprint density at radius 1 is 0.903 bits per heavy atom. The number of ether oxygens (including phenoxy) is 1. The first kappa shape index (κ1) is 21.1. The Balaban J connectivity index is 1.86. The molecule has 0 amide bonds. The van der Waals surface area contributed by atoms with E-state index in [0.29, 0.717) is 17.9 Å². The van der Waals surface area contributed by atoms with Crippen LogP contribution in [0, 0.1) is 0 Å². The summed E-state index contributed by atoms with van der Waals surface area (Å²) in [6.07, 6.45) is -4.84. The van der Waals surface area contributed by atoms with Crippen LogP contribution in [-0.4, -0.2) is 24.6 Å². The third kappa shape index (κ3) is 4.80. The van der Waals surface area contributed by atoms with Gasteiger partial charge in [-0.2, -0.15) is 13.2 Å². The highest BCUT2D eigenvalue weighted by molar-refractivity contribution is 6.14. The van der Waals surface area contributed by atoms with Gasteiger partial charge < -0.3 is 9.64 Å². The molecule has 1 saturated heterocycles. The van der Waals surface area contributed by atoms with Crippen molar-refractivity contribution in [3.63, 3.8) is 0 Å². The van der Waals surface area contributed by atoms with Gasteiger partial charge in [-0.25, -0.2) is 4.99 Å². The van der Waals surface area contributed by atoms with Crippen molar-refractivity contribution >= 4 is 17.1 Å². The van der Waals surface area contributed by atoms with Crippen molar-refractivity contribution in [2.24, 2.45) is 4.99 Å². The molecule has 1 fully saturated rings. The standard InChI is InChI=1S/C25H23F3N2O/c1-17-16-30(18(2)31-17)23-14-21(25(26,27)28)13-22(15-23)29-24(19-9-5-3-6-10-19)20-11-7-4-8-12-20/h3-15,17-18H,16H2,1-2H3. The molecule has 0 N–H and O–H groups in total. The van der Waals surface area contributed by atoms with Crippen molar-refractivity contribution in [3.8, 4) is 0 Å². The molecular formula is C25H23F3N2O. The maximum Gasteiger partial charge on any atom is 0.416 e. The molecule has 0 bridgehead atoms. The number of halogens is 3. The van der Waals surface area contributed by atoms with Gasteiger partial charge in [-0.05, 0) is 32.0 Å². The van der Waals surface area contributed by atoms with Crippen LogP contribution >= 0.6 is 0 Å². The van der Waals surface area contributed by atoms with E-state index in [1.807, 2.05) is 79.4 Å². The Hall–Kier alpha value is -3.12. The van der Waals surface area contributed by atoms with Gasteiger partial charge in [0.1, 0.15) is 6.23 Å². The number of benzene rings is 3. The third-order valence-corrected chi connectivity index (χ3v) is 5.22. The van der Waals surface area contributed by atoms with E-state index >= 15 is 0 Å². The Morgan fingerprint density at radius 2 is 1.48 bits per heavy atom. The molecule has 3 nitrogen and oxygen atoms in total. The van der Waals surface area contributed by atoms with Gasteiger partial charge in [-0.1, -0.05) is 60.7 Å². The van der Waals surface area contributed by atoms with Crippen molar-refractivity contribution in [2.45, 2.75) is 32.4 Å². The molecule has 0 aromatic heterocycles. The van der Waals surface area contributed by atoms with Crippen LogP contribution in [0.2, 0.25) is 0 Å². The Morgan fingerprint density at radius 3 is 1.97 bits per heavy atom. The SMILES string of the molecule is CC1CN(c2cc(N=C(c3ccccc3)c3ccccc3)cc(C(F)(F)F)c2)C(C)O1. The summed E-state index contributed by atoms with van der Waals surface area (Å²) >= 11 is 0. The zero-order valence-corrected chi connectivity index (χ0v) is 17.3. The molecule has 0 radical (unpaired) electrons. The largest absolute Gasteiger partial charge is 0.416 e. The van der Waals surface area contributed by atoms with Crippen molar-refractivity contribution < 1.29 is 17.9 Å². The molecule has 31 heavy (non-hydrogen) atoms. The number of hydrogen-bond acceptors (Lipinski definition) is 3. The lowest BCUT2D eigenvalue weighted by Gasteiger charge is -2.23. The second-order valence-electron chi connectivity index (χ2n) is 7.63. The van der Waals surface area contributed by atoms with Gasteiger partial charge in [0.25, 0.3) is 0 Å². The fourth-order valence-corrected chi connectivity index (χ4v) is 3.80. The monoisotopic (exact) mass is 424 g/mol. The van der Waals surface area contributed by atoms with Crippen molar-refractivity contribution in [3.05, 3.63) is 95.6 Å². The van der Waals surface area contributed by atoms with E-state index in [9.17, 15) is 13.2 Å². The van der Waals surface area contributed by atoms with Gasteiger partial charge in [0.05, 0.1) is 23.1 Å². The minimum atomic E-state index is -4.48. The van der Waals surface area contributed by atoms with E-state index in [4.69, 9.17) is 9.73 Å². The second-order valence-corrected chi connectivity index (χ2v) is 7.63. The highest BCUT2D eigenvalue weighted by atomic mass is 19.4. The van der Waals surface area contributed by atoms with Gasteiger partial charge in [0.2, 0.25) is 0 Å². The first-order chi connectivity index (χ1) is 14.8. The molecular weight excluding hydrogens is 401 g/mol. The molecule has 1 aliphatic rings. The summed E-state index contributed by atoms with van der Waals surface area (Å²) in [4.78, 5) is 6.54. The predicted octanol–water partition coefficient (Wildman–Crippen LogP) is 6.45.